The van der Waals surface area contributed by atoms with E-state index < -0.39 is 5.92 Å². The van der Waals surface area contributed by atoms with E-state index in [1.54, 1.807) is 0 Å². The maximum absolute atomic E-state index is 12.4. The molecule has 0 spiro atoms. The molecule has 0 heterocycles. The van der Waals surface area contributed by atoms with Crippen LogP contribution in [0.25, 0.3) is 0 Å². The van der Waals surface area contributed by atoms with Crippen LogP contribution in [0.15, 0.2) is 30.3 Å². The number of hydrogen-bond acceptors (Lipinski definition) is 2. The number of carbonyl (C=O) groups excluding carboxylic acids is 2. The van der Waals surface area contributed by atoms with Crippen molar-refractivity contribution >= 4 is 11.6 Å². The predicted molar refractivity (Wildman–Crippen MR) is 71.2 cm³/mol. The van der Waals surface area contributed by atoms with Crippen molar-refractivity contribution in [1.29, 1.82) is 0 Å². The van der Waals surface area contributed by atoms with Gasteiger partial charge in [0.05, 0.1) is 5.92 Å². The quantitative estimate of drug-likeness (QED) is 0.766. The summed E-state index contributed by atoms with van der Waals surface area (Å²) in [6.45, 7) is 5.99. The molecule has 2 heteroatoms. The monoisotopic (exact) mass is 244 g/mol. The number of hydrogen-bond donors (Lipinski definition) is 0. The Hall–Kier alpha value is -1.44. The molecule has 0 aromatic heterocycles. The van der Waals surface area contributed by atoms with Crippen LogP contribution in [0.4, 0.5) is 0 Å². The minimum absolute atomic E-state index is 0.0183. The third kappa shape index (κ3) is 2.38. The van der Waals surface area contributed by atoms with E-state index in [0.717, 1.165) is 12.0 Å². The maximum Gasteiger partial charge on any atom is 0.148 e. The fourth-order valence-electron chi connectivity index (χ4n) is 3.17. The fourth-order valence-corrected chi connectivity index (χ4v) is 3.17. The van der Waals surface area contributed by atoms with Crippen molar-refractivity contribution in [2.75, 3.05) is 0 Å². The zero-order chi connectivity index (χ0) is 13.3. The molecule has 0 saturated heterocycles. The third-order valence-corrected chi connectivity index (χ3v) is 3.93. The van der Waals surface area contributed by atoms with E-state index in [-0.39, 0.29) is 22.9 Å². The van der Waals surface area contributed by atoms with Crippen LogP contribution < -0.4 is 0 Å². The first-order valence-electron chi connectivity index (χ1n) is 6.52. The van der Waals surface area contributed by atoms with Crippen LogP contribution in [0, 0.1) is 17.3 Å². The molecule has 1 saturated carbocycles. The van der Waals surface area contributed by atoms with Crippen molar-refractivity contribution in [2.45, 2.75) is 33.6 Å². The van der Waals surface area contributed by atoms with Crippen molar-refractivity contribution in [2.24, 2.45) is 17.3 Å². The first-order chi connectivity index (χ1) is 8.42. The van der Waals surface area contributed by atoms with Crippen molar-refractivity contribution < 1.29 is 9.59 Å². The highest BCUT2D eigenvalue weighted by molar-refractivity contribution is 6.06. The van der Waals surface area contributed by atoms with Crippen LogP contribution in [-0.2, 0) is 16.0 Å². The van der Waals surface area contributed by atoms with E-state index in [9.17, 15) is 9.59 Å². The lowest BCUT2D eigenvalue weighted by molar-refractivity contribution is -0.134. The summed E-state index contributed by atoms with van der Waals surface area (Å²) in [4.78, 5) is 24.5. The molecule has 1 aromatic rings. The summed E-state index contributed by atoms with van der Waals surface area (Å²) in [5.74, 6) is -0.209. The van der Waals surface area contributed by atoms with Gasteiger partial charge in [-0.3, -0.25) is 9.59 Å². The fraction of sp³-hybridized carbons (Fsp3) is 0.500. The highest BCUT2D eigenvalue weighted by Crippen LogP contribution is 2.44. The lowest BCUT2D eigenvalue weighted by atomic mass is 9.77. The molecule has 0 amide bonds. The summed E-state index contributed by atoms with van der Waals surface area (Å²) in [7, 11) is 0. The highest BCUT2D eigenvalue weighted by Gasteiger charge is 2.48. The molecule has 2 rings (SSSR count). The Bertz CT molecular complexity index is 459. The number of Topliss-reactive ketones (excluding diaryl/α,β-unsaturated/α-hetero) is 2. The summed E-state index contributed by atoms with van der Waals surface area (Å²) in [6.07, 6.45) is 1.18. The average Bonchev–Trinajstić information content (AvgIpc) is 2.49. The molecule has 1 aliphatic carbocycles. The van der Waals surface area contributed by atoms with Gasteiger partial charge in [0.15, 0.2) is 0 Å². The first kappa shape index (κ1) is 13.0. The second kappa shape index (κ2) is 4.68. The summed E-state index contributed by atoms with van der Waals surface area (Å²) in [5.41, 5.74) is 0.799. The molecule has 0 bridgehead atoms. The molecule has 2 unspecified atom stereocenters. The van der Waals surface area contributed by atoms with Gasteiger partial charge in [-0.25, -0.2) is 0 Å². The lowest BCUT2D eigenvalue weighted by Gasteiger charge is -2.24. The smallest absolute Gasteiger partial charge is 0.148 e. The summed E-state index contributed by atoms with van der Waals surface area (Å²) < 4.78 is 0. The number of ketones is 2. The van der Waals surface area contributed by atoms with Gasteiger partial charge in [-0.2, -0.15) is 0 Å². The van der Waals surface area contributed by atoms with Gasteiger partial charge < -0.3 is 0 Å². The molecule has 2 nitrogen and oxygen atoms in total. The minimum Gasteiger partial charge on any atom is -0.299 e. The summed E-state index contributed by atoms with van der Waals surface area (Å²) in [6, 6.07) is 9.65. The van der Waals surface area contributed by atoms with Crippen LogP contribution in [-0.4, -0.2) is 11.6 Å². The van der Waals surface area contributed by atoms with Crippen LogP contribution in [0.1, 0.15) is 32.8 Å². The Morgan fingerprint density at radius 1 is 1.28 bits per heavy atom. The normalized spacial score (nSPS) is 26.3. The van der Waals surface area contributed by atoms with E-state index in [2.05, 4.69) is 0 Å². The van der Waals surface area contributed by atoms with Crippen LogP contribution in [0.3, 0.4) is 0 Å². The largest absolute Gasteiger partial charge is 0.299 e. The molecule has 1 aliphatic rings. The van der Waals surface area contributed by atoms with Gasteiger partial charge in [-0.1, -0.05) is 51.1 Å². The summed E-state index contributed by atoms with van der Waals surface area (Å²) >= 11 is 0. The van der Waals surface area contributed by atoms with Gasteiger partial charge in [0.25, 0.3) is 0 Å². The topological polar surface area (TPSA) is 34.1 Å². The van der Waals surface area contributed by atoms with Crippen LogP contribution in [0.5, 0.6) is 0 Å². The Kier molecular flexibility index (Phi) is 3.38. The van der Waals surface area contributed by atoms with Crippen molar-refractivity contribution in [3.63, 3.8) is 0 Å². The first-order valence-corrected chi connectivity index (χ1v) is 6.52. The van der Waals surface area contributed by atoms with Gasteiger partial charge in [0.2, 0.25) is 0 Å². The number of carbonyl (C=O) groups is 2. The molecular weight excluding hydrogens is 224 g/mol. The Balaban J connectivity index is 2.16. The minimum atomic E-state index is -0.423. The van der Waals surface area contributed by atoms with Gasteiger partial charge in [0.1, 0.15) is 11.6 Å². The summed E-state index contributed by atoms with van der Waals surface area (Å²) in [5, 5.41) is 0. The van der Waals surface area contributed by atoms with E-state index >= 15 is 0 Å². The molecule has 1 fully saturated rings. The number of benzene rings is 1. The second-order valence-corrected chi connectivity index (χ2v) is 6.06. The zero-order valence-electron chi connectivity index (χ0n) is 11.3. The van der Waals surface area contributed by atoms with Gasteiger partial charge in [0, 0.05) is 12.3 Å². The second-order valence-electron chi connectivity index (χ2n) is 6.06. The average molecular weight is 244 g/mol. The van der Waals surface area contributed by atoms with Crippen molar-refractivity contribution in [3.05, 3.63) is 35.9 Å². The van der Waals surface area contributed by atoms with E-state index in [1.807, 2.05) is 51.1 Å². The van der Waals surface area contributed by atoms with E-state index in [0.29, 0.717) is 6.42 Å². The van der Waals surface area contributed by atoms with Crippen LogP contribution in [0.2, 0.25) is 0 Å². The highest BCUT2D eigenvalue weighted by atomic mass is 16.2. The van der Waals surface area contributed by atoms with E-state index in [1.165, 1.54) is 0 Å². The predicted octanol–water partition coefficient (Wildman–Crippen LogP) is 3.05. The molecule has 2 atom stereocenters. The van der Waals surface area contributed by atoms with E-state index in [4.69, 9.17) is 0 Å². The number of rotatable bonds is 3. The zero-order valence-corrected chi connectivity index (χ0v) is 11.3. The molecule has 96 valence electrons. The molecular formula is C16H20O2. The van der Waals surface area contributed by atoms with Gasteiger partial charge in [-0.15, -0.1) is 0 Å². The van der Waals surface area contributed by atoms with Crippen molar-refractivity contribution in [3.8, 4) is 0 Å². The SMILES string of the molecule is CC1CC(C)(C)C(C(=O)Cc2ccccc2)C1=O. The van der Waals surface area contributed by atoms with Gasteiger partial charge in [-0.05, 0) is 17.4 Å². The molecule has 18 heavy (non-hydrogen) atoms. The Morgan fingerprint density at radius 2 is 1.89 bits per heavy atom. The molecule has 0 radical (unpaired) electrons. The third-order valence-electron chi connectivity index (χ3n) is 3.93. The molecule has 1 aromatic carbocycles. The van der Waals surface area contributed by atoms with Gasteiger partial charge >= 0.3 is 0 Å². The Morgan fingerprint density at radius 3 is 2.39 bits per heavy atom. The molecule has 0 N–H and O–H groups in total. The maximum atomic E-state index is 12.4. The molecule has 0 aliphatic heterocycles. The lowest BCUT2D eigenvalue weighted by Crippen LogP contribution is -2.32. The van der Waals surface area contributed by atoms with Crippen LogP contribution >= 0.6 is 0 Å². The standard InChI is InChI=1S/C16H20O2/c1-11-10-16(2,3)14(15(11)18)13(17)9-12-7-5-4-6-8-12/h4-8,11,14H,9-10H2,1-3H3. The van der Waals surface area contributed by atoms with Crippen molar-refractivity contribution in [1.82, 2.24) is 0 Å². The Labute approximate surface area is 108 Å².